The Morgan fingerprint density at radius 1 is 1.21 bits per heavy atom. The van der Waals surface area contributed by atoms with Crippen LogP contribution in [0.5, 0.6) is 0 Å². The standard InChI is InChI=1S/C22H21ClF3N5OS/c1-14-13-30(21-28-19(29-33-21)11-15-5-7-17(23)8-6-15)9-10-31(14)20(32)27-18-4-2-3-16(12-18)22(24,25)26/h2-8,12,14H,9-11,13H2,1H3,(H,27,32). The van der Waals surface area contributed by atoms with Crippen LogP contribution in [0.3, 0.4) is 0 Å². The quantitative estimate of drug-likeness (QED) is 0.516. The normalized spacial score (nSPS) is 16.7. The Balaban J connectivity index is 1.35. The molecular weight excluding hydrogens is 475 g/mol. The first kappa shape index (κ1) is 23.3. The monoisotopic (exact) mass is 495 g/mol. The molecular formula is C22H21ClF3N5OS. The van der Waals surface area contributed by atoms with Gasteiger partial charge < -0.3 is 15.1 Å². The maximum atomic E-state index is 12.9. The molecule has 1 fully saturated rings. The fraction of sp³-hybridized carbons (Fsp3) is 0.318. The molecule has 4 rings (SSSR count). The molecule has 2 aromatic carbocycles. The van der Waals surface area contributed by atoms with E-state index < -0.39 is 17.8 Å². The average Bonchev–Trinajstić information content (AvgIpc) is 3.23. The number of alkyl halides is 3. The molecule has 1 unspecified atom stereocenters. The molecule has 1 aromatic heterocycles. The summed E-state index contributed by atoms with van der Waals surface area (Å²) in [6, 6.07) is 11.6. The summed E-state index contributed by atoms with van der Waals surface area (Å²) in [6.07, 6.45) is -3.86. The van der Waals surface area contributed by atoms with Crippen molar-refractivity contribution in [3.05, 3.63) is 70.5 Å². The Morgan fingerprint density at radius 2 is 1.97 bits per heavy atom. The minimum absolute atomic E-state index is 0.111. The van der Waals surface area contributed by atoms with Crippen molar-refractivity contribution in [2.75, 3.05) is 29.9 Å². The molecule has 6 nitrogen and oxygen atoms in total. The van der Waals surface area contributed by atoms with Gasteiger partial charge in [0.2, 0.25) is 5.13 Å². The van der Waals surface area contributed by atoms with Crippen LogP contribution in [-0.4, -0.2) is 46.0 Å². The Labute approximate surface area is 198 Å². The number of halogens is 4. The topological polar surface area (TPSA) is 61.4 Å². The van der Waals surface area contributed by atoms with Gasteiger partial charge in [0.25, 0.3) is 0 Å². The zero-order chi connectivity index (χ0) is 23.6. The first-order valence-corrected chi connectivity index (χ1v) is 11.4. The predicted octanol–water partition coefficient (Wildman–Crippen LogP) is 5.54. The van der Waals surface area contributed by atoms with E-state index in [1.807, 2.05) is 31.2 Å². The number of rotatable bonds is 4. The summed E-state index contributed by atoms with van der Waals surface area (Å²) in [5, 5.41) is 4.04. The van der Waals surface area contributed by atoms with Gasteiger partial charge in [0.1, 0.15) is 5.82 Å². The first-order valence-electron chi connectivity index (χ1n) is 10.3. The van der Waals surface area contributed by atoms with Crippen LogP contribution >= 0.6 is 23.1 Å². The second-order valence-electron chi connectivity index (χ2n) is 7.79. The Morgan fingerprint density at radius 3 is 2.67 bits per heavy atom. The van der Waals surface area contributed by atoms with Gasteiger partial charge >= 0.3 is 12.2 Å². The van der Waals surface area contributed by atoms with Crippen molar-refractivity contribution in [1.82, 2.24) is 14.3 Å². The summed E-state index contributed by atoms with van der Waals surface area (Å²) in [5.41, 5.74) is 0.373. The molecule has 3 aromatic rings. The van der Waals surface area contributed by atoms with Crippen LogP contribution in [0.2, 0.25) is 5.02 Å². The van der Waals surface area contributed by atoms with Gasteiger partial charge in [-0.25, -0.2) is 9.78 Å². The number of nitrogens with one attached hydrogen (secondary N) is 1. The molecule has 0 aliphatic carbocycles. The zero-order valence-corrected chi connectivity index (χ0v) is 19.2. The van der Waals surface area contributed by atoms with E-state index in [0.29, 0.717) is 31.1 Å². The van der Waals surface area contributed by atoms with Gasteiger partial charge in [-0.05, 0) is 42.8 Å². The molecule has 174 valence electrons. The number of amides is 2. The van der Waals surface area contributed by atoms with Crippen molar-refractivity contribution in [2.45, 2.75) is 25.6 Å². The lowest BCUT2D eigenvalue weighted by atomic mass is 10.1. The summed E-state index contributed by atoms with van der Waals surface area (Å²) in [7, 11) is 0. The average molecular weight is 496 g/mol. The Kier molecular flexibility index (Phi) is 6.76. The predicted molar refractivity (Wildman–Crippen MR) is 123 cm³/mol. The largest absolute Gasteiger partial charge is 0.416 e. The maximum Gasteiger partial charge on any atom is 0.416 e. The van der Waals surface area contributed by atoms with Gasteiger partial charge in [-0.2, -0.15) is 17.5 Å². The third kappa shape index (κ3) is 5.75. The summed E-state index contributed by atoms with van der Waals surface area (Å²) >= 11 is 7.23. The molecule has 1 aliphatic heterocycles. The lowest BCUT2D eigenvalue weighted by Crippen LogP contribution is -2.55. The number of carbonyl (C=O) groups is 1. The molecule has 1 saturated heterocycles. The van der Waals surface area contributed by atoms with Crippen LogP contribution < -0.4 is 10.2 Å². The highest BCUT2D eigenvalue weighted by molar-refractivity contribution is 7.09. The van der Waals surface area contributed by atoms with E-state index in [1.165, 1.54) is 23.7 Å². The number of anilines is 2. The van der Waals surface area contributed by atoms with Crippen molar-refractivity contribution >= 4 is 40.0 Å². The second kappa shape index (κ2) is 9.56. The number of benzene rings is 2. The SMILES string of the molecule is CC1CN(c2nc(Cc3ccc(Cl)cc3)ns2)CCN1C(=O)Nc1cccc(C(F)(F)F)c1. The third-order valence-corrected chi connectivity index (χ3v) is 6.40. The van der Waals surface area contributed by atoms with Crippen LogP contribution in [0.4, 0.5) is 28.8 Å². The Hall–Kier alpha value is -2.85. The number of piperazine rings is 1. The zero-order valence-electron chi connectivity index (χ0n) is 17.6. The summed E-state index contributed by atoms with van der Waals surface area (Å²) in [6.45, 7) is 3.41. The molecule has 33 heavy (non-hydrogen) atoms. The first-order chi connectivity index (χ1) is 15.7. The van der Waals surface area contributed by atoms with Crippen molar-refractivity contribution in [3.8, 4) is 0 Å². The fourth-order valence-electron chi connectivity index (χ4n) is 3.63. The van der Waals surface area contributed by atoms with E-state index in [4.69, 9.17) is 11.6 Å². The molecule has 2 amide bonds. The summed E-state index contributed by atoms with van der Waals surface area (Å²) in [5.74, 6) is 0.717. The molecule has 2 heterocycles. The van der Waals surface area contributed by atoms with Crippen LogP contribution in [0, 0.1) is 0 Å². The molecule has 1 atom stereocenters. The van der Waals surface area contributed by atoms with E-state index in [-0.39, 0.29) is 11.7 Å². The number of hydrogen-bond acceptors (Lipinski definition) is 5. The van der Waals surface area contributed by atoms with Crippen LogP contribution in [-0.2, 0) is 12.6 Å². The second-order valence-corrected chi connectivity index (χ2v) is 8.96. The van der Waals surface area contributed by atoms with Crippen molar-refractivity contribution < 1.29 is 18.0 Å². The lowest BCUT2D eigenvalue weighted by Gasteiger charge is -2.39. The van der Waals surface area contributed by atoms with Gasteiger partial charge in [-0.3, -0.25) is 0 Å². The highest BCUT2D eigenvalue weighted by Crippen LogP contribution is 2.31. The van der Waals surface area contributed by atoms with Gasteiger partial charge in [0.05, 0.1) is 5.56 Å². The van der Waals surface area contributed by atoms with E-state index >= 15 is 0 Å². The minimum atomic E-state index is -4.46. The summed E-state index contributed by atoms with van der Waals surface area (Å²) in [4.78, 5) is 21.0. The van der Waals surface area contributed by atoms with Crippen molar-refractivity contribution in [3.63, 3.8) is 0 Å². The van der Waals surface area contributed by atoms with E-state index in [2.05, 4.69) is 19.6 Å². The molecule has 0 saturated carbocycles. The van der Waals surface area contributed by atoms with Gasteiger partial charge in [0.15, 0.2) is 0 Å². The number of carbonyl (C=O) groups excluding carboxylic acids is 1. The molecule has 0 spiro atoms. The van der Waals surface area contributed by atoms with Crippen molar-refractivity contribution in [2.24, 2.45) is 0 Å². The molecule has 11 heteroatoms. The smallest absolute Gasteiger partial charge is 0.343 e. The van der Waals surface area contributed by atoms with E-state index in [1.54, 1.807) is 4.90 Å². The summed E-state index contributed by atoms with van der Waals surface area (Å²) < 4.78 is 43.2. The van der Waals surface area contributed by atoms with Gasteiger partial charge in [0, 0.05) is 54.3 Å². The van der Waals surface area contributed by atoms with Crippen molar-refractivity contribution in [1.29, 1.82) is 0 Å². The van der Waals surface area contributed by atoms with Gasteiger partial charge in [-0.15, -0.1) is 0 Å². The molecule has 1 N–H and O–H groups in total. The maximum absolute atomic E-state index is 12.9. The molecule has 0 bridgehead atoms. The molecule has 0 radical (unpaired) electrons. The third-order valence-electron chi connectivity index (χ3n) is 5.33. The Bertz CT molecular complexity index is 1120. The van der Waals surface area contributed by atoms with E-state index in [0.717, 1.165) is 28.7 Å². The number of hydrogen-bond donors (Lipinski definition) is 1. The minimum Gasteiger partial charge on any atom is -0.343 e. The molecule has 1 aliphatic rings. The highest BCUT2D eigenvalue weighted by Gasteiger charge is 2.32. The van der Waals surface area contributed by atoms with E-state index in [9.17, 15) is 18.0 Å². The van der Waals surface area contributed by atoms with Gasteiger partial charge in [-0.1, -0.05) is 29.8 Å². The highest BCUT2D eigenvalue weighted by atomic mass is 35.5. The lowest BCUT2D eigenvalue weighted by molar-refractivity contribution is -0.137. The van der Waals surface area contributed by atoms with Crippen LogP contribution in [0.15, 0.2) is 48.5 Å². The fourth-order valence-corrected chi connectivity index (χ4v) is 4.48. The number of nitrogens with zero attached hydrogens (tertiary/aromatic N) is 4. The number of urea groups is 1. The van der Waals surface area contributed by atoms with Crippen LogP contribution in [0.1, 0.15) is 23.9 Å². The van der Waals surface area contributed by atoms with Crippen LogP contribution in [0.25, 0.3) is 0 Å². The number of aromatic nitrogens is 2.